The average molecular weight is 264 g/mol. The largest absolute Gasteiger partial charge is 0.203 e. The molecule has 104 valence electrons. The second-order valence-electron chi connectivity index (χ2n) is 5.33. The highest BCUT2D eigenvalue weighted by Gasteiger charge is 2.16. The van der Waals surface area contributed by atoms with Crippen LogP contribution < -0.4 is 0 Å². The van der Waals surface area contributed by atoms with Crippen LogP contribution in [0.15, 0.2) is 18.2 Å². The molecule has 0 aromatic heterocycles. The molecule has 0 atom stereocenters. The van der Waals surface area contributed by atoms with Gasteiger partial charge in [-0.15, -0.1) is 0 Å². The Labute approximate surface area is 114 Å². The van der Waals surface area contributed by atoms with Gasteiger partial charge in [0.05, 0.1) is 0 Å². The monoisotopic (exact) mass is 264 g/mol. The van der Waals surface area contributed by atoms with Crippen LogP contribution in [0.4, 0.5) is 8.78 Å². The molecule has 0 radical (unpaired) electrons. The number of allylic oxidation sites excluding steroid dienone is 2. The molecular formula is C17H22F2. The Balaban J connectivity index is 2.19. The van der Waals surface area contributed by atoms with Crippen LogP contribution in [0.2, 0.25) is 0 Å². The van der Waals surface area contributed by atoms with Crippen molar-refractivity contribution in [2.75, 3.05) is 0 Å². The minimum atomic E-state index is -0.651. The zero-order valence-corrected chi connectivity index (χ0v) is 11.6. The Kier molecular flexibility index (Phi) is 5.12. The summed E-state index contributed by atoms with van der Waals surface area (Å²) >= 11 is 0. The first-order chi connectivity index (χ1) is 9.24. The minimum absolute atomic E-state index is 0.469. The Morgan fingerprint density at radius 3 is 2.58 bits per heavy atom. The van der Waals surface area contributed by atoms with E-state index in [-0.39, 0.29) is 0 Å². The van der Waals surface area contributed by atoms with Gasteiger partial charge in [0.1, 0.15) is 0 Å². The molecule has 0 fully saturated rings. The van der Waals surface area contributed by atoms with Crippen molar-refractivity contribution >= 4 is 5.57 Å². The molecule has 2 heteroatoms. The third kappa shape index (κ3) is 3.43. The van der Waals surface area contributed by atoms with Crippen molar-refractivity contribution in [3.05, 3.63) is 41.0 Å². The maximum atomic E-state index is 14.1. The van der Waals surface area contributed by atoms with Crippen LogP contribution in [0.25, 0.3) is 5.57 Å². The van der Waals surface area contributed by atoms with E-state index in [1.165, 1.54) is 0 Å². The first-order valence-corrected chi connectivity index (χ1v) is 7.40. The topological polar surface area (TPSA) is 0 Å². The first-order valence-electron chi connectivity index (χ1n) is 7.40. The van der Waals surface area contributed by atoms with Gasteiger partial charge in [0.25, 0.3) is 0 Å². The molecule has 1 aromatic rings. The molecule has 1 aliphatic rings. The smallest absolute Gasteiger partial charge is 0.166 e. The van der Waals surface area contributed by atoms with E-state index in [1.54, 1.807) is 12.1 Å². The second kappa shape index (κ2) is 6.83. The van der Waals surface area contributed by atoms with Crippen molar-refractivity contribution in [1.82, 2.24) is 0 Å². The van der Waals surface area contributed by atoms with Crippen molar-refractivity contribution in [3.8, 4) is 0 Å². The molecule has 1 aliphatic carbocycles. The Hall–Kier alpha value is -1.18. The molecule has 0 unspecified atom stereocenters. The standard InChI is InChI=1S/C17H22F2/c1-2-3-5-10-14-11-12-15(17(19)16(14)18)13-8-6-4-7-9-13/h8,11-12H,2-7,9-10H2,1H3. The van der Waals surface area contributed by atoms with Gasteiger partial charge in [-0.05, 0) is 49.7 Å². The van der Waals surface area contributed by atoms with Crippen LogP contribution in [0.3, 0.4) is 0 Å². The third-order valence-corrected chi connectivity index (χ3v) is 3.85. The number of unbranched alkanes of at least 4 members (excludes halogenated alkanes) is 2. The molecule has 1 aromatic carbocycles. The van der Waals surface area contributed by atoms with Crippen LogP contribution in [0, 0.1) is 11.6 Å². The van der Waals surface area contributed by atoms with E-state index in [1.807, 2.05) is 0 Å². The zero-order chi connectivity index (χ0) is 13.7. The molecule has 19 heavy (non-hydrogen) atoms. The van der Waals surface area contributed by atoms with Crippen LogP contribution >= 0.6 is 0 Å². The maximum Gasteiger partial charge on any atom is 0.166 e. The highest BCUT2D eigenvalue weighted by Crippen LogP contribution is 2.30. The molecule has 0 saturated carbocycles. The highest BCUT2D eigenvalue weighted by atomic mass is 19.2. The number of benzene rings is 1. The van der Waals surface area contributed by atoms with E-state index in [4.69, 9.17) is 0 Å². The fraction of sp³-hybridized carbons (Fsp3) is 0.529. The quantitative estimate of drug-likeness (QED) is 0.602. The predicted molar refractivity (Wildman–Crippen MR) is 76.0 cm³/mol. The zero-order valence-electron chi connectivity index (χ0n) is 11.6. The van der Waals surface area contributed by atoms with E-state index < -0.39 is 11.6 Å². The van der Waals surface area contributed by atoms with Crippen LogP contribution in [-0.4, -0.2) is 0 Å². The van der Waals surface area contributed by atoms with Crippen molar-refractivity contribution in [2.24, 2.45) is 0 Å². The van der Waals surface area contributed by atoms with Gasteiger partial charge in [0, 0.05) is 5.56 Å². The number of halogens is 2. The normalized spacial score (nSPS) is 15.4. The van der Waals surface area contributed by atoms with E-state index >= 15 is 0 Å². The Morgan fingerprint density at radius 2 is 1.89 bits per heavy atom. The van der Waals surface area contributed by atoms with Gasteiger partial charge >= 0.3 is 0 Å². The van der Waals surface area contributed by atoms with Gasteiger partial charge < -0.3 is 0 Å². The lowest BCUT2D eigenvalue weighted by atomic mass is 9.92. The van der Waals surface area contributed by atoms with E-state index in [2.05, 4.69) is 13.0 Å². The van der Waals surface area contributed by atoms with Crippen molar-refractivity contribution in [2.45, 2.75) is 58.3 Å². The lowest BCUT2D eigenvalue weighted by Crippen LogP contribution is -2.01. The first kappa shape index (κ1) is 14.2. The van der Waals surface area contributed by atoms with E-state index in [0.29, 0.717) is 17.5 Å². The Morgan fingerprint density at radius 1 is 1.05 bits per heavy atom. The van der Waals surface area contributed by atoms with Gasteiger partial charge in [-0.3, -0.25) is 0 Å². The molecule has 2 rings (SSSR count). The van der Waals surface area contributed by atoms with E-state index in [0.717, 1.165) is 50.5 Å². The van der Waals surface area contributed by atoms with Gasteiger partial charge in [-0.25, -0.2) is 8.78 Å². The minimum Gasteiger partial charge on any atom is -0.203 e. The van der Waals surface area contributed by atoms with Gasteiger partial charge in [-0.1, -0.05) is 38.0 Å². The second-order valence-corrected chi connectivity index (χ2v) is 5.33. The fourth-order valence-corrected chi connectivity index (χ4v) is 2.68. The molecule has 0 aliphatic heterocycles. The van der Waals surface area contributed by atoms with Crippen molar-refractivity contribution < 1.29 is 8.78 Å². The lowest BCUT2D eigenvalue weighted by Gasteiger charge is -2.15. The molecule has 0 heterocycles. The van der Waals surface area contributed by atoms with Crippen molar-refractivity contribution in [3.63, 3.8) is 0 Å². The molecule has 0 amide bonds. The number of rotatable bonds is 5. The van der Waals surface area contributed by atoms with E-state index in [9.17, 15) is 8.78 Å². The maximum absolute atomic E-state index is 14.1. The van der Waals surface area contributed by atoms with Crippen LogP contribution in [-0.2, 0) is 6.42 Å². The highest BCUT2D eigenvalue weighted by molar-refractivity contribution is 5.67. The summed E-state index contributed by atoms with van der Waals surface area (Å²) in [7, 11) is 0. The van der Waals surface area contributed by atoms with Gasteiger partial charge in [0.2, 0.25) is 0 Å². The predicted octanol–water partition coefficient (Wildman–Crippen LogP) is 5.65. The summed E-state index contributed by atoms with van der Waals surface area (Å²) in [5.41, 5.74) is 1.96. The molecular weight excluding hydrogens is 242 g/mol. The summed E-state index contributed by atoms with van der Waals surface area (Å²) in [4.78, 5) is 0. The average Bonchev–Trinajstić information content (AvgIpc) is 2.45. The number of aryl methyl sites for hydroxylation is 1. The molecule has 0 N–H and O–H groups in total. The SMILES string of the molecule is CCCCCc1ccc(C2=CCCCC2)c(F)c1F. The third-order valence-electron chi connectivity index (χ3n) is 3.85. The van der Waals surface area contributed by atoms with Crippen LogP contribution in [0.5, 0.6) is 0 Å². The molecule has 0 saturated heterocycles. The van der Waals surface area contributed by atoms with Gasteiger partial charge in [0.15, 0.2) is 11.6 Å². The number of hydrogen-bond acceptors (Lipinski definition) is 0. The molecule has 0 nitrogen and oxygen atoms in total. The fourth-order valence-electron chi connectivity index (χ4n) is 2.68. The summed E-state index contributed by atoms with van der Waals surface area (Å²) in [5.74, 6) is -1.29. The van der Waals surface area contributed by atoms with Crippen LogP contribution in [0.1, 0.15) is 63.0 Å². The number of hydrogen-bond donors (Lipinski definition) is 0. The summed E-state index contributed by atoms with van der Waals surface area (Å²) in [6.07, 6.45) is 9.85. The molecule has 0 spiro atoms. The lowest BCUT2D eigenvalue weighted by molar-refractivity contribution is 0.493. The summed E-state index contributed by atoms with van der Waals surface area (Å²) in [6.45, 7) is 2.11. The van der Waals surface area contributed by atoms with Crippen molar-refractivity contribution in [1.29, 1.82) is 0 Å². The summed E-state index contributed by atoms with van der Waals surface area (Å²) < 4.78 is 28.2. The van der Waals surface area contributed by atoms with Gasteiger partial charge in [-0.2, -0.15) is 0 Å². The summed E-state index contributed by atoms with van der Waals surface area (Å²) in [5, 5.41) is 0. The summed E-state index contributed by atoms with van der Waals surface area (Å²) in [6, 6.07) is 3.52. The molecule has 0 bridgehead atoms. The Bertz CT molecular complexity index is 461.